The molecule has 4 heteroatoms. The van der Waals surface area contributed by atoms with Crippen LogP contribution in [0.3, 0.4) is 0 Å². The standard InChI is InChI=1S/C42H77NO3/c1-4-7-10-12-14-18-26-39(27-19-15-13-11-8-5-2)45-41(37-30-31-37)28-20-16-17-21-29-42(44)46-40-34-38(33-36-24-23-25-36)43(35-40)32-22-9-6-3/h36,38-40H,4-35H2,1-3H3. The molecule has 0 amide bonds. The third-order valence-electron chi connectivity index (χ3n) is 11.2. The molecular formula is C42H77NO3. The number of hydrogen-bond donors (Lipinski definition) is 0. The molecular weight excluding hydrogens is 566 g/mol. The van der Waals surface area contributed by atoms with Gasteiger partial charge in [0.15, 0.2) is 0 Å². The number of ether oxygens (including phenoxy) is 2. The van der Waals surface area contributed by atoms with E-state index in [9.17, 15) is 4.79 Å². The van der Waals surface area contributed by atoms with E-state index in [2.05, 4.69) is 25.7 Å². The molecule has 0 radical (unpaired) electrons. The Kier molecular flexibility index (Phi) is 21.4. The fourth-order valence-electron chi connectivity index (χ4n) is 7.80. The third kappa shape index (κ3) is 17.4. The lowest BCUT2D eigenvalue weighted by molar-refractivity contribution is -0.148. The first-order chi connectivity index (χ1) is 22.6. The summed E-state index contributed by atoms with van der Waals surface area (Å²) >= 11 is 0. The van der Waals surface area contributed by atoms with Crippen LogP contribution in [0.2, 0.25) is 0 Å². The maximum absolute atomic E-state index is 12.8. The number of carbonyl (C=O) groups is 1. The Hall–Kier alpha value is -1.03. The molecule has 0 N–H and O–H groups in total. The largest absolute Gasteiger partial charge is 0.495 e. The lowest BCUT2D eigenvalue weighted by Gasteiger charge is -2.32. The molecule has 0 bridgehead atoms. The second-order valence-electron chi connectivity index (χ2n) is 15.5. The van der Waals surface area contributed by atoms with E-state index < -0.39 is 0 Å². The zero-order valence-electron chi connectivity index (χ0n) is 31.1. The van der Waals surface area contributed by atoms with Crippen molar-refractivity contribution in [3.05, 3.63) is 11.3 Å². The average Bonchev–Trinajstić information content (AvgIpc) is 3.81. The van der Waals surface area contributed by atoms with Crippen LogP contribution in [0.4, 0.5) is 0 Å². The summed E-state index contributed by atoms with van der Waals surface area (Å²) in [7, 11) is 0. The van der Waals surface area contributed by atoms with Crippen LogP contribution in [0.5, 0.6) is 0 Å². The van der Waals surface area contributed by atoms with Gasteiger partial charge >= 0.3 is 5.97 Å². The molecule has 1 aliphatic heterocycles. The van der Waals surface area contributed by atoms with Crippen LogP contribution in [-0.4, -0.2) is 42.2 Å². The lowest BCUT2D eigenvalue weighted by atomic mass is 9.80. The summed E-state index contributed by atoms with van der Waals surface area (Å²) in [6, 6.07) is 0.633. The zero-order valence-corrected chi connectivity index (χ0v) is 31.1. The maximum atomic E-state index is 12.8. The molecule has 2 atom stereocenters. The van der Waals surface area contributed by atoms with Gasteiger partial charge in [0.1, 0.15) is 6.10 Å². The molecule has 3 rings (SSSR count). The molecule has 2 aliphatic carbocycles. The first-order valence-corrected chi connectivity index (χ1v) is 20.9. The number of esters is 1. The SMILES string of the molecule is CCCCCCCCC(CCCCCCCC)OC(CCCCCCC(=O)OC1CC(CC2CCC2)N(CCCCC)C1)=C1CC1. The highest BCUT2D eigenvalue weighted by Gasteiger charge is 2.36. The lowest BCUT2D eigenvalue weighted by Crippen LogP contribution is -2.33. The van der Waals surface area contributed by atoms with Gasteiger partial charge in [-0.25, -0.2) is 0 Å². The van der Waals surface area contributed by atoms with Crippen molar-refractivity contribution in [3.8, 4) is 0 Å². The van der Waals surface area contributed by atoms with E-state index in [0.29, 0.717) is 18.6 Å². The van der Waals surface area contributed by atoms with E-state index in [-0.39, 0.29) is 12.1 Å². The maximum Gasteiger partial charge on any atom is 0.306 e. The van der Waals surface area contributed by atoms with Crippen LogP contribution in [0.1, 0.15) is 213 Å². The van der Waals surface area contributed by atoms with E-state index in [4.69, 9.17) is 9.47 Å². The van der Waals surface area contributed by atoms with Gasteiger partial charge in [0, 0.05) is 31.8 Å². The summed E-state index contributed by atoms with van der Waals surface area (Å²) < 4.78 is 12.9. The number of rotatable bonds is 30. The molecule has 3 aliphatic rings. The van der Waals surface area contributed by atoms with Gasteiger partial charge in [0.05, 0.1) is 11.9 Å². The predicted molar refractivity (Wildman–Crippen MR) is 196 cm³/mol. The summed E-state index contributed by atoms with van der Waals surface area (Å²) in [6.45, 7) is 9.02. The van der Waals surface area contributed by atoms with E-state index >= 15 is 0 Å². The van der Waals surface area contributed by atoms with Crippen LogP contribution >= 0.6 is 0 Å². The van der Waals surface area contributed by atoms with Crippen molar-refractivity contribution in [1.82, 2.24) is 4.90 Å². The average molecular weight is 644 g/mol. The minimum absolute atomic E-state index is 0.0409. The summed E-state index contributed by atoms with van der Waals surface area (Å²) in [5.41, 5.74) is 1.59. The number of likely N-dealkylation sites (tertiary alicyclic amines) is 1. The highest BCUT2D eigenvalue weighted by molar-refractivity contribution is 5.69. The molecule has 1 heterocycles. The van der Waals surface area contributed by atoms with E-state index in [1.165, 1.54) is 173 Å². The van der Waals surface area contributed by atoms with Gasteiger partial charge in [-0.3, -0.25) is 9.69 Å². The smallest absolute Gasteiger partial charge is 0.306 e. The molecule has 2 saturated carbocycles. The first-order valence-electron chi connectivity index (χ1n) is 20.9. The second-order valence-corrected chi connectivity index (χ2v) is 15.5. The van der Waals surface area contributed by atoms with E-state index in [1.807, 2.05) is 0 Å². The molecule has 2 unspecified atom stereocenters. The Balaban J connectivity index is 1.31. The van der Waals surface area contributed by atoms with E-state index in [0.717, 1.165) is 38.1 Å². The minimum atomic E-state index is 0.0409. The van der Waals surface area contributed by atoms with Crippen molar-refractivity contribution >= 4 is 5.97 Å². The van der Waals surface area contributed by atoms with Gasteiger partial charge in [-0.05, 0) is 82.2 Å². The Morgan fingerprint density at radius 1 is 0.717 bits per heavy atom. The Bertz CT molecular complexity index is 783. The Morgan fingerprint density at radius 3 is 1.87 bits per heavy atom. The van der Waals surface area contributed by atoms with Crippen molar-refractivity contribution in [3.63, 3.8) is 0 Å². The number of unbranched alkanes of at least 4 members (excludes halogenated alkanes) is 15. The normalized spacial score (nSPS) is 20.0. The van der Waals surface area contributed by atoms with Gasteiger partial charge in [0.25, 0.3) is 0 Å². The van der Waals surface area contributed by atoms with Crippen LogP contribution < -0.4 is 0 Å². The first kappa shape index (κ1) is 39.4. The highest BCUT2D eigenvalue weighted by atomic mass is 16.5. The molecule has 268 valence electrons. The molecule has 0 aromatic carbocycles. The van der Waals surface area contributed by atoms with Crippen LogP contribution in [0, 0.1) is 5.92 Å². The molecule has 0 aromatic rings. The number of allylic oxidation sites excluding steroid dienone is 2. The monoisotopic (exact) mass is 644 g/mol. The van der Waals surface area contributed by atoms with Gasteiger partial charge in [-0.1, -0.05) is 130 Å². The predicted octanol–water partition coefficient (Wildman–Crippen LogP) is 12.6. The molecule has 0 spiro atoms. The summed E-state index contributed by atoms with van der Waals surface area (Å²) in [5.74, 6) is 2.31. The summed E-state index contributed by atoms with van der Waals surface area (Å²) in [5, 5.41) is 0. The molecule has 46 heavy (non-hydrogen) atoms. The minimum Gasteiger partial charge on any atom is -0.495 e. The Labute approximate surface area is 286 Å². The number of hydrogen-bond acceptors (Lipinski definition) is 4. The van der Waals surface area contributed by atoms with Crippen molar-refractivity contribution in [2.45, 2.75) is 232 Å². The van der Waals surface area contributed by atoms with Crippen LogP contribution in [0.15, 0.2) is 11.3 Å². The molecule has 1 saturated heterocycles. The number of carbonyl (C=O) groups excluding carboxylic acids is 1. The Morgan fingerprint density at radius 2 is 1.28 bits per heavy atom. The quantitative estimate of drug-likeness (QED) is 0.0443. The van der Waals surface area contributed by atoms with Gasteiger partial charge in [-0.2, -0.15) is 0 Å². The molecule has 0 aromatic heterocycles. The van der Waals surface area contributed by atoms with Gasteiger partial charge in [0.2, 0.25) is 0 Å². The van der Waals surface area contributed by atoms with Crippen LogP contribution in [0.25, 0.3) is 0 Å². The molecule has 3 fully saturated rings. The highest BCUT2D eigenvalue weighted by Crippen LogP contribution is 2.37. The van der Waals surface area contributed by atoms with Gasteiger partial charge in [-0.15, -0.1) is 0 Å². The fourth-order valence-corrected chi connectivity index (χ4v) is 7.80. The van der Waals surface area contributed by atoms with E-state index in [1.54, 1.807) is 5.57 Å². The zero-order chi connectivity index (χ0) is 32.7. The van der Waals surface area contributed by atoms with Gasteiger partial charge < -0.3 is 9.47 Å². The summed E-state index contributed by atoms with van der Waals surface area (Å²) in [6.07, 6.45) is 38.5. The van der Waals surface area contributed by atoms with Crippen LogP contribution in [-0.2, 0) is 14.3 Å². The summed E-state index contributed by atoms with van der Waals surface area (Å²) in [4.78, 5) is 15.4. The fraction of sp³-hybridized carbons (Fsp3) is 0.929. The van der Waals surface area contributed by atoms with Crippen molar-refractivity contribution in [2.75, 3.05) is 13.1 Å². The topological polar surface area (TPSA) is 38.8 Å². The second kappa shape index (κ2) is 25.0. The van der Waals surface area contributed by atoms with Crippen molar-refractivity contribution < 1.29 is 14.3 Å². The third-order valence-corrected chi connectivity index (χ3v) is 11.2. The molecule has 4 nitrogen and oxygen atoms in total. The van der Waals surface area contributed by atoms with Crippen molar-refractivity contribution in [1.29, 1.82) is 0 Å². The van der Waals surface area contributed by atoms with Crippen molar-refractivity contribution in [2.24, 2.45) is 5.92 Å². The number of nitrogens with zero attached hydrogens (tertiary/aromatic N) is 1.